The summed E-state index contributed by atoms with van der Waals surface area (Å²) in [5.41, 5.74) is 0.833. The van der Waals surface area contributed by atoms with Gasteiger partial charge in [0, 0.05) is 18.8 Å². The van der Waals surface area contributed by atoms with E-state index in [1.54, 1.807) is 12.4 Å². The minimum atomic E-state index is -0.484. The van der Waals surface area contributed by atoms with Crippen LogP contribution in [0.15, 0.2) is 24.5 Å². The van der Waals surface area contributed by atoms with Gasteiger partial charge in [-0.2, -0.15) is 5.26 Å². The zero-order valence-electron chi connectivity index (χ0n) is 9.54. The summed E-state index contributed by atoms with van der Waals surface area (Å²) in [6, 6.07) is 6.47. The third-order valence-corrected chi connectivity index (χ3v) is 3.08. The lowest BCUT2D eigenvalue weighted by molar-refractivity contribution is 0.557. The number of anilines is 1. The normalized spacial score (nSPS) is 14.1. The predicted octanol–water partition coefficient (Wildman–Crippen LogP) is 1.31. The van der Waals surface area contributed by atoms with E-state index in [4.69, 9.17) is 5.26 Å². The van der Waals surface area contributed by atoms with Crippen molar-refractivity contribution >= 4 is 5.69 Å². The highest BCUT2D eigenvalue weighted by molar-refractivity contribution is 5.50. The highest BCUT2D eigenvalue weighted by atomic mass is 19.1. The van der Waals surface area contributed by atoms with E-state index >= 15 is 0 Å². The molecule has 6 heteroatoms. The van der Waals surface area contributed by atoms with Crippen molar-refractivity contribution in [1.29, 1.82) is 5.26 Å². The molecule has 1 aromatic carbocycles. The fraction of sp³-hybridized carbons (Fsp3) is 0.250. The van der Waals surface area contributed by atoms with Gasteiger partial charge < -0.3 is 9.47 Å². The summed E-state index contributed by atoms with van der Waals surface area (Å²) in [5, 5.41) is 16.6. The smallest absolute Gasteiger partial charge is 0.152 e. The molecular weight excluding hydrogens is 233 g/mol. The van der Waals surface area contributed by atoms with Crippen LogP contribution in [0.3, 0.4) is 0 Å². The zero-order valence-corrected chi connectivity index (χ0v) is 9.54. The van der Waals surface area contributed by atoms with Gasteiger partial charge in [-0.3, -0.25) is 0 Å². The van der Waals surface area contributed by atoms with E-state index in [0.29, 0.717) is 6.54 Å². The van der Waals surface area contributed by atoms with Crippen LogP contribution in [0.4, 0.5) is 10.1 Å². The number of hydrogen-bond acceptors (Lipinski definition) is 4. The SMILES string of the molecule is N#Cc1ccc(N2CCn3cnnc3C2)cc1F. The minimum absolute atomic E-state index is 0.0685. The van der Waals surface area contributed by atoms with Crippen molar-refractivity contribution in [3.63, 3.8) is 0 Å². The molecule has 0 radical (unpaired) electrons. The Hall–Kier alpha value is -2.42. The Morgan fingerprint density at radius 3 is 3.00 bits per heavy atom. The molecule has 1 aliphatic rings. The van der Waals surface area contributed by atoms with Gasteiger partial charge in [-0.05, 0) is 18.2 Å². The average Bonchev–Trinajstić information content (AvgIpc) is 2.85. The molecule has 1 aromatic heterocycles. The van der Waals surface area contributed by atoms with Crippen LogP contribution in [0.2, 0.25) is 0 Å². The lowest BCUT2D eigenvalue weighted by Crippen LogP contribution is -2.33. The first kappa shape index (κ1) is 10.7. The molecule has 0 atom stereocenters. The molecule has 0 unspecified atom stereocenters. The first-order valence-electron chi connectivity index (χ1n) is 5.59. The van der Waals surface area contributed by atoms with E-state index in [9.17, 15) is 4.39 Å². The van der Waals surface area contributed by atoms with Gasteiger partial charge in [0.1, 0.15) is 18.2 Å². The molecule has 5 nitrogen and oxygen atoms in total. The van der Waals surface area contributed by atoms with Crippen LogP contribution < -0.4 is 4.90 Å². The highest BCUT2D eigenvalue weighted by Crippen LogP contribution is 2.22. The molecule has 0 saturated carbocycles. The van der Waals surface area contributed by atoms with E-state index < -0.39 is 5.82 Å². The van der Waals surface area contributed by atoms with Crippen molar-refractivity contribution < 1.29 is 4.39 Å². The number of halogens is 1. The van der Waals surface area contributed by atoms with Crippen molar-refractivity contribution in [2.45, 2.75) is 13.1 Å². The Morgan fingerprint density at radius 1 is 1.33 bits per heavy atom. The van der Waals surface area contributed by atoms with Gasteiger partial charge in [-0.15, -0.1) is 10.2 Å². The number of rotatable bonds is 1. The molecule has 0 spiro atoms. The topological polar surface area (TPSA) is 57.7 Å². The van der Waals surface area contributed by atoms with E-state index in [2.05, 4.69) is 10.2 Å². The molecule has 0 aliphatic carbocycles. The van der Waals surface area contributed by atoms with Gasteiger partial charge in [0.05, 0.1) is 12.1 Å². The summed E-state index contributed by atoms with van der Waals surface area (Å²) in [4.78, 5) is 2.02. The average molecular weight is 243 g/mol. The van der Waals surface area contributed by atoms with Crippen molar-refractivity contribution in [3.05, 3.63) is 41.7 Å². The van der Waals surface area contributed by atoms with Crippen LogP contribution in [0.25, 0.3) is 0 Å². The van der Waals surface area contributed by atoms with E-state index in [1.807, 2.05) is 15.5 Å². The van der Waals surface area contributed by atoms with Gasteiger partial charge in [-0.1, -0.05) is 0 Å². The lowest BCUT2D eigenvalue weighted by atomic mass is 10.2. The summed E-state index contributed by atoms with van der Waals surface area (Å²) >= 11 is 0. The quantitative estimate of drug-likeness (QED) is 0.757. The second-order valence-corrected chi connectivity index (χ2v) is 4.14. The maximum absolute atomic E-state index is 13.6. The van der Waals surface area contributed by atoms with Crippen LogP contribution >= 0.6 is 0 Å². The molecule has 0 N–H and O–H groups in total. The first-order valence-corrected chi connectivity index (χ1v) is 5.59. The molecule has 1 aliphatic heterocycles. The number of nitrogens with zero attached hydrogens (tertiary/aromatic N) is 5. The van der Waals surface area contributed by atoms with E-state index in [0.717, 1.165) is 24.6 Å². The second-order valence-electron chi connectivity index (χ2n) is 4.14. The predicted molar refractivity (Wildman–Crippen MR) is 62.2 cm³/mol. The van der Waals surface area contributed by atoms with E-state index in [-0.39, 0.29) is 5.56 Å². The third-order valence-electron chi connectivity index (χ3n) is 3.08. The van der Waals surface area contributed by atoms with Gasteiger partial charge in [0.25, 0.3) is 0 Å². The van der Waals surface area contributed by atoms with Crippen molar-refractivity contribution in [2.24, 2.45) is 0 Å². The molecule has 2 heterocycles. The van der Waals surface area contributed by atoms with Crippen LogP contribution in [0.5, 0.6) is 0 Å². The van der Waals surface area contributed by atoms with Gasteiger partial charge >= 0.3 is 0 Å². The summed E-state index contributed by atoms with van der Waals surface area (Å²) in [5.74, 6) is 0.382. The molecule has 18 heavy (non-hydrogen) atoms. The molecule has 0 fully saturated rings. The number of nitriles is 1. The van der Waals surface area contributed by atoms with Crippen LogP contribution in [-0.4, -0.2) is 21.3 Å². The summed E-state index contributed by atoms with van der Waals surface area (Å²) in [6.07, 6.45) is 1.70. The fourth-order valence-corrected chi connectivity index (χ4v) is 2.08. The zero-order chi connectivity index (χ0) is 12.5. The standard InChI is InChI=1S/C12H10FN5/c13-11-5-10(2-1-9(11)6-14)17-3-4-18-8-15-16-12(18)7-17/h1-2,5,8H,3-4,7H2. The monoisotopic (exact) mass is 243 g/mol. The lowest BCUT2D eigenvalue weighted by Gasteiger charge is -2.29. The van der Waals surface area contributed by atoms with Crippen LogP contribution in [0, 0.1) is 17.1 Å². The maximum Gasteiger partial charge on any atom is 0.152 e. The number of aromatic nitrogens is 3. The maximum atomic E-state index is 13.6. The largest absolute Gasteiger partial charge is 0.362 e. The second kappa shape index (κ2) is 4.11. The molecular formula is C12H10FN5. The number of benzene rings is 1. The Kier molecular flexibility index (Phi) is 2.45. The Balaban J connectivity index is 1.89. The molecule has 3 rings (SSSR count). The molecule has 0 saturated heterocycles. The van der Waals surface area contributed by atoms with Crippen LogP contribution in [-0.2, 0) is 13.1 Å². The summed E-state index contributed by atoms with van der Waals surface area (Å²) in [6.45, 7) is 2.16. The van der Waals surface area contributed by atoms with Crippen molar-refractivity contribution in [3.8, 4) is 6.07 Å². The summed E-state index contributed by atoms with van der Waals surface area (Å²) in [7, 11) is 0. The van der Waals surface area contributed by atoms with Crippen molar-refractivity contribution in [1.82, 2.24) is 14.8 Å². The van der Waals surface area contributed by atoms with Gasteiger partial charge in [-0.25, -0.2) is 4.39 Å². The van der Waals surface area contributed by atoms with Gasteiger partial charge in [0.2, 0.25) is 0 Å². The van der Waals surface area contributed by atoms with Crippen molar-refractivity contribution in [2.75, 3.05) is 11.4 Å². The number of hydrogen-bond donors (Lipinski definition) is 0. The molecule has 0 amide bonds. The molecule has 0 bridgehead atoms. The Labute approximate surface area is 103 Å². The van der Waals surface area contributed by atoms with Crippen LogP contribution in [0.1, 0.15) is 11.4 Å². The Bertz CT molecular complexity index is 628. The minimum Gasteiger partial charge on any atom is -0.362 e. The van der Waals surface area contributed by atoms with E-state index in [1.165, 1.54) is 12.1 Å². The number of fused-ring (bicyclic) bond motifs is 1. The first-order chi connectivity index (χ1) is 8.78. The highest BCUT2D eigenvalue weighted by Gasteiger charge is 2.18. The van der Waals surface area contributed by atoms with Gasteiger partial charge in [0.15, 0.2) is 5.82 Å². The fourth-order valence-electron chi connectivity index (χ4n) is 2.08. The Morgan fingerprint density at radius 2 is 2.22 bits per heavy atom. The molecule has 90 valence electrons. The summed E-state index contributed by atoms with van der Waals surface area (Å²) < 4.78 is 15.5. The third kappa shape index (κ3) is 1.70. The molecule has 2 aromatic rings.